The maximum absolute atomic E-state index is 5.85. The maximum Gasteiger partial charge on any atom is 0.0945 e. The van der Waals surface area contributed by atoms with E-state index in [1.165, 1.54) is 0 Å². The fourth-order valence-corrected chi connectivity index (χ4v) is 2.58. The van der Waals surface area contributed by atoms with Crippen molar-refractivity contribution in [2.24, 2.45) is 5.41 Å². The molecule has 0 aliphatic heterocycles. The van der Waals surface area contributed by atoms with E-state index in [1.54, 1.807) is 0 Å². The highest BCUT2D eigenvalue weighted by molar-refractivity contribution is 7.80. The molecule has 0 radical (unpaired) electrons. The topological polar surface area (TPSA) is 64.6 Å². The lowest BCUT2D eigenvalue weighted by Crippen LogP contribution is -2.42. The van der Waals surface area contributed by atoms with Crippen LogP contribution in [0.5, 0.6) is 0 Å². The summed E-state index contributed by atoms with van der Waals surface area (Å²) in [6.07, 6.45) is 0.868. The molecule has 0 bridgehead atoms. The number of hydrogen-bond acceptors (Lipinski definition) is 11. The van der Waals surface area contributed by atoms with E-state index in [1.807, 2.05) is 0 Å². The molecule has 7 nitrogen and oxygen atoms in total. The van der Waals surface area contributed by atoms with E-state index in [0.717, 1.165) is 12.2 Å². The van der Waals surface area contributed by atoms with Gasteiger partial charge in [0.05, 0.1) is 78.1 Å². The van der Waals surface area contributed by atoms with E-state index in [4.69, 9.17) is 33.5 Å². The van der Waals surface area contributed by atoms with Crippen molar-refractivity contribution < 1.29 is 33.5 Å². The van der Waals surface area contributed by atoms with Crippen molar-refractivity contribution in [3.63, 3.8) is 0 Å². The van der Waals surface area contributed by atoms with Gasteiger partial charge in [-0.1, -0.05) is 0 Å². The number of thiol groups is 4. The van der Waals surface area contributed by atoms with Crippen molar-refractivity contribution in [3.8, 4) is 0 Å². The zero-order valence-electron chi connectivity index (χ0n) is 17.2. The normalized spacial score (nSPS) is 12.0. The molecule has 176 valence electrons. The molecule has 0 fully saturated rings. The van der Waals surface area contributed by atoms with Crippen LogP contribution in [0.1, 0.15) is 6.42 Å². The minimum atomic E-state index is -0.514. The summed E-state index contributed by atoms with van der Waals surface area (Å²) in [5, 5.41) is 0. The Morgan fingerprint density at radius 1 is 0.414 bits per heavy atom. The molecule has 0 spiro atoms. The Morgan fingerprint density at radius 2 is 0.897 bits per heavy atom. The zero-order valence-corrected chi connectivity index (χ0v) is 20.7. The number of hydrogen-bond donors (Lipinski definition) is 4. The average Bonchev–Trinajstić information content (AvgIpc) is 2.73. The fourth-order valence-electron chi connectivity index (χ4n) is 2.11. The fraction of sp³-hybridized carbons (Fsp3) is 1.00. The SMILES string of the molecule is SCCCOCC(COCCOCCS)(COCCOCCS)COOCCS. The monoisotopic (exact) mass is 494 g/mol. The van der Waals surface area contributed by atoms with Crippen molar-refractivity contribution in [2.45, 2.75) is 6.42 Å². The zero-order chi connectivity index (χ0) is 21.5. The van der Waals surface area contributed by atoms with Crippen LogP contribution in [0.2, 0.25) is 0 Å². The lowest BCUT2D eigenvalue weighted by atomic mass is 9.92. The van der Waals surface area contributed by atoms with Crippen LogP contribution in [0.3, 0.4) is 0 Å². The van der Waals surface area contributed by atoms with Crippen molar-refractivity contribution >= 4 is 50.5 Å². The van der Waals surface area contributed by atoms with Crippen LogP contribution in [0.15, 0.2) is 0 Å². The van der Waals surface area contributed by atoms with Crippen LogP contribution in [0, 0.1) is 5.41 Å². The largest absolute Gasteiger partial charge is 0.381 e. The van der Waals surface area contributed by atoms with Crippen molar-refractivity contribution in [1.29, 1.82) is 0 Å². The van der Waals surface area contributed by atoms with E-state index in [9.17, 15) is 0 Å². The van der Waals surface area contributed by atoms with Gasteiger partial charge in [0.15, 0.2) is 0 Å². The van der Waals surface area contributed by atoms with Crippen molar-refractivity contribution in [3.05, 3.63) is 0 Å². The smallest absolute Gasteiger partial charge is 0.0945 e. The first-order chi connectivity index (χ1) is 14.2. The summed E-state index contributed by atoms with van der Waals surface area (Å²) in [6, 6.07) is 0. The molecule has 0 aromatic carbocycles. The third kappa shape index (κ3) is 19.5. The molecule has 0 amide bonds. The molecule has 0 aliphatic carbocycles. The molecule has 0 aliphatic rings. The van der Waals surface area contributed by atoms with Crippen molar-refractivity contribution in [2.75, 3.05) is 102 Å². The summed E-state index contributed by atoms with van der Waals surface area (Å²) >= 11 is 16.6. The molecule has 0 N–H and O–H groups in total. The minimum Gasteiger partial charge on any atom is -0.381 e. The van der Waals surface area contributed by atoms with Gasteiger partial charge in [-0.2, -0.15) is 50.5 Å². The highest BCUT2D eigenvalue weighted by Gasteiger charge is 2.33. The molecular weight excluding hydrogens is 456 g/mol. The first-order valence-electron chi connectivity index (χ1n) is 9.81. The van der Waals surface area contributed by atoms with Gasteiger partial charge in [-0.25, -0.2) is 9.78 Å². The molecule has 0 unspecified atom stereocenters. The van der Waals surface area contributed by atoms with E-state index >= 15 is 0 Å². The second kappa shape index (κ2) is 23.8. The first kappa shape index (κ1) is 30.1. The third-order valence-corrected chi connectivity index (χ3v) is 4.37. The summed E-state index contributed by atoms with van der Waals surface area (Å²) in [7, 11) is 0. The molecule has 0 heterocycles. The van der Waals surface area contributed by atoms with Gasteiger partial charge in [0.1, 0.15) is 0 Å². The number of rotatable bonds is 24. The minimum absolute atomic E-state index is 0.274. The van der Waals surface area contributed by atoms with Gasteiger partial charge >= 0.3 is 0 Å². The Bertz CT molecular complexity index is 301. The molecule has 0 aromatic rings. The Morgan fingerprint density at radius 3 is 1.38 bits per heavy atom. The highest BCUT2D eigenvalue weighted by atomic mass is 32.1. The quantitative estimate of drug-likeness (QED) is 0.0710. The standard InChI is InChI=1S/C18H38O7S4/c26-10-1-2-21-14-18(17-25-24-9-13-29,15-22-5-3-19-7-11-27)16-23-6-4-20-8-12-28/h26-29H,1-17H2. The molecule has 0 rings (SSSR count). The van der Waals surface area contributed by atoms with Crippen LogP contribution in [0.4, 0.5) is 0 Å². The first-order valence-corrected chi connectivity index (χ1v) is 12.3. The molecule has 0 saturated heterocycles. The predicted molar refractivity (Wildman–Crippen MR) is 128 cm³/mol. The average molecular weight is 495 g/mol. The van der Waals surface area contributed by atoms with Crippen LogP contribution < -0.4 is 0 Å². The lowest BCUT2D eigenvalue weighted by molar-refractivity contribution is -0.315. The van der Waals surface area contributed by atoms with E-state index < -0.39 is 5.41 Å². The second-order valence-electron chi connectivity index (χ2n) is 6.21. The molecule has 0 saturated carbocycles. The maximum atomic E-state index is 5.85. The Hall–Kier alpha value is 1.12. The van der Waals surface area contributed by atoms with Crippen LogP contribution in [-0.4, -0.2) is 102 Å². The Balaban J connectivity index is 4.63. The van der Waals surface area contributed by atoms with Gasteiger partial charge in [0, 0.05) is 23.9 Å². The summed E-state index contributed by atoms with van der Waals surface area (Å²) < 4.78 is 28.3. The molecule has 0 aromatic heterocycles. The van der Waals surface area contributed by atoms with E-state index in [0.29, 0.717) is 89.9 Å². The molecule has 11 heteroatoms. The van der Waals surface area contributed by atoms with Gasteiger partial charge in [0.2, 0.25) is 0 Å². The molecule has 29 heavy (non-hydrogen) atoms. The van der Waals surface area contributed by atoms with E-state index in [2.05, 4.69) is 50.5 Å². The highest BCUT2D eigenvalue weighted by Crippen LogP contribution is 2.21. The summed E-state index contributed by atoms with van der Waals surface area (Å²) in [6.45, 7) is 5.62. The third-order valence-electron chi connectivity index (χ3n) is 3.51. The molecule has 0 atom stereocenters. The number of ether oxygens (including phenoxy) is 5. The van der Waals surface area contributed by atoms with Gasteiger partial charge in [-0.3, -0.25) is 0 Å². The summed E-state index contributed by atoms with van der Waals surface area (Å²) in [5.74, 6) is 2.71. The lowest BCUT2D eigenvalue weighted by Gasteiger charge is -2.32. The van der Waals surface area contributed by atoms with Gasteiger partial charge in [-0.05, 0) is 12.2 Å². The summed E-state index contributed by atoms with van der Waals surface area (Å²) in [4.78, 5) is 10.6. The Kier molecular flexibility index (Phi) is 24.7. The second-order valence-corrected chi connectivity index (χ2v) is 8.00. The molecular formula is C18H38O7S4. The van der Waals surface area contributed by atoms with Crippen LogP contribution >= 0.6 is 50.5 Å². The predicted octanol–water partition coefficient (Wildman–Crippen LogP) is 2.11. The van der Waals surface area contributed by atoms with Crippen LogP contribution in [-0.2, 0) is 33.5 Å². The summed E-state index contributed by atoms with van der Waals surface area (Å²) in [5.41, 5.74) is -0.514. The van der Waals surface area contributed by atoms with Gasteiger partial charge in [0.25, 0.3) is 0 Å². The van der Waals surface area contributed by atoms with Crippen LogP contribution in [0.25, 0.3) is 0 Å². The van der Waals surface area contributed by atoms with Crippen molar-refractivity contribution in [1.82, 2.24) is 0 Å². The van der Waals surface area contributed by atoms with E-state index in [-0.39, 0.29) is 6.61 Å². The Labute approximate surface area is 197 Å². The van der Waals surface area contributed by atoms with Gasteiger partial charge < -0.3 is 23.7 Å². The van der Waals surface area contributed by atoms with Gasteiger partial charge in [-0.15, -0.1) is 0 Å².